The number of fused-ring (bicyclic) bond motifs is 2. The number of aromatic amines is 1. The third kappa shape index (κ3) is 2.73. The summed E-state index contributed by atoms with van der Waals surface area (Å²) < 4.78 is 7.82. The highest BCUT2D eigenvalue weighted by atomic mass is 16.4. The van der Waals surface area contributed by atoms with Gasteiger partial charge in [-0.2, -0.15) is 10.1 Å². The van der Waals surface area contributed by atoms with E-state index in [-0.39, 0.29) is 11.5 Å². The number of benzene rings is 1. The number of aromatic nitrogens is 5. The van der Waals surface area contributed by atoms with E-state index >= 15 is 0 Å². The molecular weight excluding hydrogens is 368 g/mol. The first-order valence-corrected chi connectivity index (χ1v) is 10.3. The molecule has 1 aliphatic carbocycles. The lowest BCUT2D eigenvalue weighted by Gasteiger charge is -2.37. The van der Waals surface area contributed by atoms with Crippen molar-refractivity contribution in [1.29, 1.82) is 0 Å². The number of nitrogens with zero attached hydrogens (tertiary/aromatic N) is 5. The fraction of sp³-hybridized carbons (Fsp3) is 0.429. The molecule has 0 bridgehead atoms. The normalized spacial score (nSPS) is 18.6. The van der Waals surface area contributed by atoms with Crippen LogP contribution in [-0.2, 0) is 0 Å². The molecule has 4 heterocycles. The van der Waals surface area contributed by atoms with Crippen LogP contribution < -0.4 is 10.5 Å². The minimum Gasteiger partial charge on any atom is -0.423 e. The van der Waals surface area contributed by atoms with Crippen molar-refractivity contribution in [3.63, 3.8) is 0 Å². The summed E-state index contributed by atoms with van der Waals surface area (Å²) in [5, 5.41) is 5.09. The first kappa shape index (κ1) is 16.8. The van der Waals surface area contributed by atoms with E-state index in [1.54, 1.807) is 6.20 Å². The minimum atomic E-state index is -0.104. The standard InChI is InChI=1S/C21H22N6O2/c28-20-15-10-22-27(14-6-2-1-3-7-14)19(15)24-18(25-20)13-11-26(12-13)21-23-16-8-4-5-9-17(16)29-21/h4-5,8-10,13-14H,1-3,6-7,11-12H2,(H,24,25,28). The number of H-pyrrole nitrogens is 1. The molecule has 148 valence electrons. The molecule has 6 rings (SSSR count). The van der Waals surface area contributed by atoms with E-state index in [0.717, 1.165) is 48.5 Å². The lowest BCUT2D eigenvalue weighted by atomic mass is 9.96. The summed E-state index contributed by atoms with van der Waals surface area (Å²) in [4.78, 5) is 27.0. The summed E-state index contributed by atoms with van der Waals surface area (Å²) in [6, 6.07) is 8.73. The minimum absolute atomic E-state index is 0.104. The molecule has 29 heavy (non-hydrogen) atoms. The van der Waals surface area contributed by atoms with Gasteiger partial charge in [-0.05, 0) is 25.0 Å². The van der Waals surface area contributed by atoms with Crippen molar-refractivity contribution in [2.45, 2.75) is 44.1 Å². The van der Waals surface area contributed by atoms with Crippen LogP contribution in [0.25, 0.3) is 22.1 Å². The molecule has 4 aromatic rings. The SMILES string of the molecule is O=c1[nH]c(C2CN(c3nc4ccccc4o3)C2)nc2c1cnn2C1CCCCC1. The highest BCUT2D eigenvalue weighted by molar-refractivity contribution is 5.75. The van der Waals surface area contributed by atoms with Crippen LogP contribution >= 0.6 is 0 Å². The van der Waals surface area contributed by atoms with E-state index in [1.165, 1.54) is 19.3 Å². The smallest absolute Gasteiger partial charge is 0.298 e. The Labute approximate surface area is 166 Å². The topological polar surface area (TPSA) is 92.8 Å². The molecular formula is C21H22N6O2. The van der Waals surface area contributed by atoms with Gasteiger partial charge in [-0.1, -0.05) is 31.4 Å². The molecule has 0 unspecified atom stereocenters. The molecule has 3 aromatic heterocycles. The zero-order chi connectivity index (χ0) is 19.4. The molecule has 1 saturated carbocycles. The highest BCUT2D eigenvalue weighted by Gasteiger charge is 2.34. The number of para-hydroxylation sites is 2. The van der Waals surface area contributed by atoms with E-state index in [4.69, 9.17) is 9.40 Å². The second-order valence-electron chi connectivity index (χ2n) is 8.14. The van der Waals surface area contributed by atoms with Gasteiger partial charge in [0.2, 0.25) is 0 Å². The Hall–Kier alpha value is -3.16. The fourth-order valence-electron chi connectivity index (χ4n) is 4.54. The van der Waals surface area contributed by atoms with Crippen LogP contribution in [0.5, 0.6) is 0 Å². The Balaban J connectivity index is 1.28. The molecule has 8 nitrogen and oxygen atoms in total. The summed E-state index contributed by atoms with van der Waals surface area (Å²) >= 11 is 0. The van der Waals surface area contributed by atoms with Crippen LogP contribution in [0.2, 0.25) is 0 Å². The molecule has 8 heteroatoms. The van der Waals surface area contributed by atoms with E-state index < -0.39 is 0 Å². The molecule has 0 radical (unpaired) electrons. The maximum Gasteiger partial charge on any atom is 0.298 e. The molecule has 2 fully saturated rings. The van der Waals surface area contributed by atoms with Gasteiger partial charge in [0.15, 0.2) is 11.2 Å². The van der Waals surface area contributed by atoms with Crippen molar-refractivity contribution >= 4 is 28.1 Å². The second kappa shape index (κ2) is 6.43. The maximum atomic E-state index is 12.6. The van der Waals surface area contributed by atoms with E-state index in [0.29, 0.717) is 17.4 Å². The first-order chi connectivity index (χ1) is 14.3. The number of anilines is 1. The molecule has 1 aliphatic heterocycles. The van der Waals surface area contributed by atoms with Gasteiger partial charge in [-0.25, -0.2) is 9.67 Å². The lowest BCUT2D eigenvalue weighted by Crippen LogP contribution is -2.46. The summed E-state index contributed by atoms with van der Waals surface area (Å²) in [6.45, 7) is 1.44. The van der Waals surface area contributed by atoms with Crippen LogP contribution in [-0.4, -0.2) is 37.8 Å². The van der Waals surface area contributed by atoms with Crippen LogP contribution in [0.15, 0.2) is 39.7 Å². The predicted octanol–water partition coefficient (Wildman–Crippen LogP) is 3.37. The summed E-state index contributed by atoms with van der Waals surface area (Å²) in [6.07, 6.45) is 7.58. The molecule has 1 saturated heterocycles. The van der Waals surface area contributed by atoms with Crippen molar-refractivity contribution in [2.75, 3.05) is 18.0 Å². The maximum absolute atomic E-state index is 12.6. The van der Waals surface area contributed by atoms with Crippen molar-refractivity contribution in [3.8, 4) is 0 Å². The number of oxazole rings is 1. The number of hydrogen-bond donors (Lipinski definition) is 1. The first-order valence-electron chi connectivity index (χ1n) is 10.3. The Morgan fingerprint density at radius 3 is 2.72 bits per heavy atom. The molecule has 0 spiro atoms. The van der Waals surface area contributed by atoms with E-state index in [1.807, 2.05) is 28.9 Å². The monoisotopic (exact) mass is 390 g/mol. The molecule has 1 aromatic carbocycles. The molecule has 0 atom stereocenters. The van der Waals surface area contributed by atoms with Gasteiger partial charge in [-0.15, -0.1) is 0 Å². The van der Waals surface area contributed by atoms with Gasteiger partial charge in [0, 0.05) is 13.1 Å². The Morgan fingerprint density at radius 2 is 1.90 bits per heavy atom. The van der Waals surface area contributed by atoms with Crippen LogP contribution in [0, 0.1) is 0 Å². The van der Waals surface area contributed by atoms with Crippen molar-refractivity contribution in [1.82, 2.24) is 24.7 Å². The average molecular weight is 390 g/mol. The van der Waals surface area contributed by atoms with Crippen molar-refractivity contribution in [3.05, 3.63) is 46.6 Å². The summed E-state index contributed by atoms with van der Waals surface area (Å²) in [7, 11) is 0. The quantitative estimate of drug-likeness (QED) is 0.577. The van der Waals surface area contributed by atoms with Gasteiger partial charge >= 0.3 is 0 Å². The molecule has 1 N–H and O–H groups in total. The number of nitrogens with one attached hydrogen (secondary N) is 1. The van der Waals surface area contributed by atoms with Gasteiger partial charge in [0.25, 0.3) is 11.6 Å². The van der Waals surface area contributed by atoms with E-state index in [2.05, 4.69) is 20.0 Å². The van der Waals surface area contributed by atoms with Crippen LogP contribution in [0.3, 0.4) is 0 Å². The Kier molecular flexibility index (Phi) is 3.72. The highest BCUT2D eigenvalue weighted by Crippen LogP contribution is 2.33. The van der Waals surface area contributed by atoms with Gasteiger partial charge in [0.05, 0.1) is 18.2 Å². The van der Waals surface area contributed by atoms with Gasteiger partial charge in [-0.3, -0.25) is 4.79 Å². The number of rotatable bonds is 3. The molecule has 2 aliphatic rings. The van der Waals surface area contributed by atoms with Crippen LogP contribution in [0.4, 0.5) is 6.01 Å². The van der Waals surface area contributed by atoms with E-state index in [9.17, 15) is 4.79 Å². The summed E-state index contributed by atoms with van der Waals surface area (Å²) in [5.74, 6) is 0.879. The van der Waals surface area contributed by atoms with Crippen molar-refractivity contribution in [2.24, 2.45) is 0 Å². The Morgan fingerprint density at radius 1 is 1.07 bits per heavy atom. The molecule has 0 amide bonds. The largest absolute Gasteiger partial charge is 0.423 e. The van der Waals surface area contributed by atoms with Crippen LogP contribution in [0.1, 0.15) is 49.9 Å². The second-order valence-corrected chi connectivity index (χ2v) is 8.14. The Bertz CT molecular complexity index is 1210. The zero-order valence-corrected chi connectivity index (χ0v) is 16.0. The van der Waals surface area contributed by atoms with Gasteiger partial charge < -0.3 is 14.3 Å². The summed E-state index contributed by atoms with van der Waals surface area (Å²) in [5.41, 5.74) is 2.26. The fourth-order valence-corrected chi connectivity index (χ4v) is 4.54. The lowest BCUT2D eigenvalue weighted by molar-refractivity contribution is 0.335. The van der Waals surface area contributed by atoms with Crippen molar-refractivity contribution < 1.29 is 4.42 Å². The third-order valence-electron chi connectivity index (χ3n) is 6.22. The number of hydrogen-bond acceptors (Lipinski definition) is 6. The third-order valence-corrected chi connectivity index (χ3v) is 6.22. The average Bonchev–Trinajstić information content (AvgIpc) is 3.32. The van der Waals surface area contributed by atoms with Gasteiger partial charge in [0.1, 0.15) is 16.7 Å². The zero-order valence-electron chi connectivity index (χ0n) is 16.0. The predicted molar refractivity (Wildman–Crippen MR) is 109 cm³/mol.